The van der Waals surface area contributed by atoms with Crippen LogP contribution < -0.4 is 4.74 Å². The second-order valence-corrected chi connectivity index (χ2v) is 15.5. The van der Waals surface area contributed by atoms with Crippen LogP contribution in [-0.2, 0) is 9.84 Å². The molecule has 2 atom stereocenters. The fraction of sp³-hybridized carbons (Fsp3) is 0.706. The van der Waals surface area contributed by atoms with Crippen molar-refractivity contribution in [3.05, 3.63) is 52.1 Å². The van der Waals surface area contributed by atoms with E-state index < -0.39 is 21.4 Å². The van der Waals surface area contributed by atoms with Crippen LogP contribution in [0.4, 0.5) is 0 Å². The van der Waals surface area contributed by atoms with Gasteiger partial charge in [0.1, 0.15) is 5.75 Å². The molecule has 0 spiro atoms. The van der Waals surface area contributed by atoms with Crippen LogP contribution in [0.2, 0.25) is 0 Å². The predicted molar refractivity (Wildman–Crippen MR) is 170 cm³/mol. The third kappa shape index (κ3) is 6.33. The van der Waals surface area contributed by atoms with Crippen LogP contribution in [0.5, 0.6) is 5.75 Å². The number of unbranched alkanes of at least 4 members (excludes halogenated alkanes) is 3. The van der Waals surface area contributed by atoms with Gasteiger partial charge in [-0.3, -0.25) is 4.90 Å². The smallest absolute Gasteiger partial charge is 0.181 e. The van der Waals surface area contributed by atoms with Gasteiger partial charge in [-0.25, -0.2) is 8.42 Å². The van der Waals surface area contributed by atoms with E-state index in [4.69, 9.17) is 4.74 Å². The Labute approximate surface area is 254 Å². The van der Waals surface area contributed by atoms with E-state index in [1.54, 1.807) is 0 Å². The number of hydrogen-bond acceptors (Lipinski definition) is 6. The summed E-state index contributed by atoms with van der Waals surface area (Å²) in [5.41, 5.74) is 1.98. The summed E-state index contributed by atoms with van der Waals surface area (Å²) >= 11 is 0. The quantitative estimate of drug-likeness (QED) is 0.241. The zero-order valence-corrected chi connectivity index (χ0v) is 27.3. The molecular weight excluding hydrogens is 546 g/mol. The van der Waals surface area contributed by atoms with Crippen LogP contribution in [0.15, 0.2) is 46.5 Å². The molecule has 3 saturated heterocycles. The molecule has 0 radical (unpaired) electrons. The number of quaternary nitrogens is 1. The maximum absolute atomic E-state index is 13.7. The molecule has 8 heteroatoms. The van der Waals surface area contributed by atoms with Gasteiger partial charge in [0.15, 0.2) is 9.84 Å². The number of aliphatic hydroxyl groups excluding tert-OH is 1. The third-order valence-corrected chi connectivity index (χ3v) is 12.5. The van der Waals surface area contributed by atoms with Crippen molar-refractivity contribution in [2.75, 3.05) is 72.3 Å². The van der Waals surface area contributed by atoms with Gasteiger partial charge in [0.05, 0.1) is 55.2 Å². The molecule has 6 rings (SSSR count). The summed E-state index contributed by atoms with van der Waals surface area (Å²) in [5.74, 6) is 0.665. The number of likely N-dealkylation sites (N-methyl/N-ethyl adjacent to an activating group) is 1. The molecule has 0 saturated carbocycles. The van der Waals surface area contributed by atoms with Crippen LogP contribution in [0.3, 0.4) is 0 Å². The molecule has 1 aromatic carbocycles. The predicted octanol–water partition coefficient (Wildman–Crippen LogP) is 4.94. The first-order chi connectivity index (χ1) is 20.1. The van der Waals surface area contributed by atoms with Gasteiger partial charge in [-0.1, -0.05) is 51.7 Å². The first-order valence-electron chi connectivity index (χ1n) is 16.5. The number of nitrogens with zero attached hydrogens (tertiary/aromatic N) is 3. The van der Waals surface area contributed by atoms with Crippen LogP contribution in [0.1, 0.15) is 76.7 Å². The molecule has 1 N–H and O–H groups in total. The lowest BCUT2D eigenvalue weighted by Gasteiger charge is -2.50. The Bertz CT molecular complexity index is 1220. The van der Waals surface area contributed by atoms with Crippen LogP contribution >= 0.6 is 0 Å². The lowest BCUT2D eigenvalue weighted by molar-refractivity contribution is -0.941. The van der Waals surface area contributed by atoms with E-state index >= 15 is 0 Å². The van der Waals surface area contributed by atoms with E-state index in [0.29, 0.717) is 11.5 Å². The first-order valence-corrected chi connectivity index (χ1v) is 18.1. The Morgan fingerprint density at radius 2 is 1.60 bits per heavy atom. The Balaban J connectivity index is 1.29. The monoisotopic (exact) mass is 600 g/mol. The van der Waals surface area contributed by atoms with Gasteiger partial charge in [0, 0.05) is 45.1 Å². The summed E-state index contributed by atoms with van der Waals surface area (Å²) < 4.78 is 34.8. The molecule has 3 fully saturated rings. The van der Waals surface area contributed by atoms with E-state index in [2.05, 4.69) is 18.7 Å². The molecule has 234 valence electrons. The average molecular weight is 601 g/mol. The molecule has 0 unspecified atom stereocenters. The Morgan fingerprint density at radius 1 is 0.976 bits per heavy atom. The number of piperazine rings is 3. The SMILES string of the molecule is CCCCC1(CCCC)CS(=O)(=O)C2=C1[C@H](O)[C@@H](c1ccc(OCCCC[N+]34CCN(CC3)CC4)cc1)C=C2N(C)C. The number of sulfone groups is 1. The second-order valence-electron chi connectivity index (χ2n) is 13.6. The minimum atomic E-state index is -3.49. The second kappa shape index (κ2) is 13.0. The molecule has 4 heterocycles. The maximum atomic E-state index is 13.7. The minimum Gasteiger partial charge on any atom is -0.494 e. The molecule has 0 amide bonds. The fourth-order valence-electron chi connectivity index (χ4n) is 7.98. The molecule has 4 aliphatic heterocycles. The average Bonchev–Trinajstić information content (AvgIpc) is 3.23. The first kappa shape index (κ1) is 31.6. The van der Waals surface area contributed by atoms with Crippen molar-refractivity contribution in [1.82, 2.24) is 9.80 Å². The highest BCUT2D eigenvalue weighted by molar-refractivity contribution is 7.95. The van der Waals surface area contributed by atoms with Gasteiger partial charge in [-0.15, -0.1) is 0 Å². The fourth-order valence-corrected chi connectivity index (χ4v) is 10.5. The number of rotatable bonds is 14. The minimum absolute atomic E-state index is 0.116. The van der Waals surface area contributed by atoms with Gasteiger partial charge in [-0.2, -0.15) is 0 Å². The highest BCUT2D eigenvalue weighted by Crippen LogP contribution is 2.55. The van der Waals surface area contributed by atoms with Gasteiger partial charge < -0.3 is 19.2 Å². The molecule has 5 aliphatic rings. The number of aliphatic hydroxyl groups is 1. The number of ether oxygens (including phenoxy) is 1. The van der Waals surface area contributed by atoms with Crippen molar-refractivity contribution in [1.29, 1.82) is 0 Å². The zero-order chi connectivity index (χ0) is 30.0. The number of benzene rings is 1. The van der Waals surface area contributed by atoms with E-state index in [1.165, 1.54) is 56.7 Å². The maximum Gasteiger partial charge on any atom is 0.181 e. The van der Waals surface area contributed by atoms with Crippen LogP contribution in [0, 0.1) is 5.41 Å². The summed E-state index contributed by atoms with van der Waals surface area (Å²) in [6.07, 6.45) is 8.91. The lowest BCUT2D eigenvalue weighted by atomic mass is 9.67. The molecule has 0 aromatic heterocycles. The van der Waals surface area contributed by atoms with Gasteiger partial charge in [-0.05, 0) is 55.0 Å². The summed E-state index contributed by atoms with van der Waals surface area (Å²) in [6, 6.07) is 8.11. The topological polar surface area (TPSA) is 70.1 Å². The van der Waals surface area contributed by atoms with Crippen molar-refractivity contribution in [3.63, 3.8) is 0 Å². The molecule has 1 aliphatic carbocycles. The van der Waals surface area contributed by atoms with Crippen LogP contribution in [0.25, 0.3) is 0 Å². The largest absolute Gasteiger partial charge is 0.494 e. The van der Waals surface area contributed by atoms with Crippen molar-refractivity contribution >= 4 is 9.84 Å². The standard InChI is InChI=1S/C34H54N3O4S/c1-5-7-15-34(16-8-6-2)26-42(39,40)33-30(35(3)4)25-29(32(38)31(33)34)27-11-13-28(14-12-27)41-24-10-9-20-37-21-17-36(18-22-37)19-23-37/h11-14,25,29,32,38H,5-10,15-24,26H2,1-4H3/q+1/t29-,32-/m1/s1. The van der Waals surface area contributed by atoms with E-state index in [9.17, 15) is 13.5 Å². The van der Waals surface area contributed by atoms with Crippen molar-refractivity contribution in [2.45, 2.75) is 77.2 Å². The lowest BCUT2D eigenvalue weighted by Crippen LogP contribution is -2.67. The van der Waals surface area contributed by atoms with E-state index in [0.717, 1.165) is 67.5 Å². The highest BCUT2D eigenvalue weighted by atomic mass is 32.2. The number of hydrogen-bond donors (Lipinski definition) is 1. The van der Waals surface area contributed by atoms with Crippen molar-refractivity contribution < 1.29 is 22.7 Å². The Hall–Kier alpha value is -1.87. The summed E-state index contributed by atoms with van der Waals surface area (Å²) in [4.78, 5) is 4.89. The molecular formula is C34H54N3O4S+. The van der Waals surface area contributed by atoms with E-state index in [1.807, 2.05) is 49.3 Å². The Morgan fingerprint density at radius 3 is 2.17 bits per heavy atom. The zero-order valence-electron chi connectivity index (χ0n) is 26.5. The van der Waals surface area contributed by atoms with Gasteiger partial charge in [0.2, 0.25) is 0 Å². The van der Waals surface area contributed by atoms with Gasteiger partial charge in [0.25, 0.3) is 0 Å². The number of fused-ring (bicyclic) bond motifs is 3. The summed E-state index contributed by atoms with van der Waals surface area (Å²) in [5, 5.41) is 12.0. The molecule has 7 nitrogen and oxygen atoms in total. The highest BCUT2D eigenvalue weighted by Gasteiger charge is 2.54. The Kier molecular flexibility index (Phi) is 9.77. The summed E-state index contributed by atoms with van der Waals surface area (Å²) in [7, 11) is 0.322. The van der Waals surface area contributed by atoms with Gasteiger partial charge >= 0.3 is 0 Å². The molecule has 42 heavy (non-hydrogen) atoms. The summed E-state index contributed by atoms with van der Waals surface area (Å²) in [6.45, 7) is 14.0. The van der Waals surface area contributed by atoms with Crippen molar-refractivity contribution in [3.8, 4) is 5.75 Å². The normalized spacial score (nSPS) is 29.4. The third-order valence-electron chi connectivity index (χ3n) is 10.5. The molecule has 1 aromatic rings. The van der Waals surface area contributed by atoms with E-state index in [-0.39, 0.29) is 11.7 Å². The van der Waals surface area contributed by atoms with Crippen molar-refractivity contribution in [2.24, 2.45) is 5.41 Å². The van der Waals surface area contributed by atoms with Crippen LogP contribution in [-0.4, -0.2) is 106 Å². The molecule has 2 bridgehead atoms.